The minimum atomic E-state index is -0.618. The molecule has 1 atom stereocenters. The Labute approximate surface area is 101 Å². The number of benzene rings is 1. The van der Waals surface area contributed by atoms with Crippen LogP contribution in [0, 0.1) is 5.82 Å². The molecule has 0 aliphatic carbocycles. The van der Waals surface area contributed by atoms with Gasteiger partial charge in [-0.15, -0.1) is 0 Å². The summed E-state index contributed by atoms with van der Waals surface area (Å²) in [4.78, 5) is 0. The van der Waals surface area contributed by atoms with Gasteiger partial charge in [-0.25, -0.2) is 4.39 Å². The van der Waals surface area contributed by atoms with Crippen LogP contribution in [0.1, 0.15) is 31.6 Å². The second-order valence-electron chi connectivity index (χ2n) is 3.76. The standard InChI is InChI=1S/C12H12BrFO2/c1-2-3-10(15)11-5-7-4-8(14)6-9(13)12(7)16-11/h4-6,10,15H,2-3H2,1H3. The van der Waals surface area contributed by atoms with Crippen molar-refractivity contribution >= 4 is 26.9 Å². The fraction of sp³-hybridized carbons (Fsp3) is 0.333. The molecule has 1 aromatic carbocycles. The second-order valence-corrected chi connectivity index (χ2v) is 4.61. The third-order valence-electron chi connectivity index (χ3n) is 2.45. The lowest BCUT2D eigenvalue weighted by atomic mass is 10.1. The zero-order valence-corrected chi connectivity index (χ0v) is 10.4. The van der Waals surface area contributed by atoms with Crippen molar-refractivity contribution in [2.75, 3.05) is 0 Å². The van der Waals surface area contributed by atoms with E-state index < -0.39 is 6.10 Å². The molecule has 0 saturated carbocycles. The molecule has 2 nitrogen and oxygen atoms in total. The highest BCUT2D eigenvalue weighted by Gasteiger charge is 2.14. The Balaban J connectivity index is 2.47. The first-order chi connectivity index (χ1) is 7.61. The van der Waals surface area contributed by atoms with Crippen molar-refractivity contribution in [2.45, 2.75) is 25.9 Å². The van der Waals surface area contributed by atoms with Gasteiger partial charge in [0.2, 0.25) is 0 Å². The topological polar surface area (TPSA) is 33.4 Å². The molecule has 0 aliphatic heterocycles. The molecule has 0 radical (unpaired) electrons. The maximum Gasteiger partial charge on any atom is 0.148 e. The van der Waals surface area contributed by atoms with Crippen LogP contribution in [0.15, 0.2) is 27.1 Å². The van der Waals surface area contributed by atoms with Crippen LogP contribution in [0.25, 0.3) is 11.0 Å². The van der Waals surface area contributed by atoms with Gasteiger partial charge in [0.15, 0.2) is 0 Å². The molecule has 0 amide bonds. The maximum atomic E-state index is 13.1. The molecule has 0 bridgehead atoms. The molecule has 16 heavy (non-hydrogen) atoms. The van der Waals surface area contributed by atoms with Crippen molar-refractivity contribution in [1.82, 2.24) is 0 Å². The van der Waals surface area contributed by atoms with Crippen molar-refractivity contribution < 1.29 is 13.9 Å². The maximum absolute atomic E-state index is 13.1. The lowest BCUT2D eigenvalue weighted by Crippen LogP contribution is -1.93. The van der Waals surface area contributed by atoms with Gasteiger partial charge in [0.25, 0.3) is 0 Å². The van der Waals surface area contributed by atoms with E-state index in [1.54, 1.807) is 6.07 Å². The smallest absolute Gasteiger partial charge is 0.148 e. The first-order valence-electron chi connectivity index (χ1n) is 5.18. The molecule has 0 saturated heterocycles. The van der Waals surface area contributed by atoms with Gasteiger partial charge in [0, 0.05) is 5.39 Å². The summed E-state index contributed by atoms with van der Waals surface area (Å²) >= 11 is 3.23. The SMILES string of the molecule is CCCC(O)c1cc2cc(F)cc(Br)c2o1. The molecular formula is C12H12BrFO2. The summed E-state index contributed by atoms with van der Waals surface area (Å²) in [5.74, 6) is 0.167. The summed E-state index contributed by atoms with van der Waals surface area (Å²) in [7, 11) is 0. The number of rotatable bonds is 3. The Bertz CT molecular complexity index is 507. The highest BCUT2D eigenvalue weighted by Crippen LogP contribution is 2.31. The molecule has 0 spiro atoms. The van der Waals surface area contributed by atoms with Crippen LogP contribution < -0.4 is 0 Å². The molecule has 1 unspecified atom stereocenters. The Hall–Kier alpha value is -0.870. The van der Waals surface area contributed by atoms with Crippen molar-refractivity contribution in [1.29, 1.82) is 0 Å². The predicted octanol–water partition coefficient (Wildman–Crippen LogP) is 4.17. The van der Waals surface area contributed by atoms with Crippen molar-refractivity contribution in [3.63, 3.8) is 0 Å². The molecule has 0 fully saturated rings. The highest BCUT2D eigenvalue weighted by molar-refractivity contribution is 9.10. The molecular weight excluding hydrogens is 275 g/mol. The lowest BCUT2D eigenvalue weighted by Gasteiger charge is -2.03. The van der Waals surface area contributed by atoms with E-state index in [1.807, 2.05) is 6.92 Å². The Morgan fingerprint density at radius 1 is 1.44 bits per heavy atom. The number of halogens is 2. The second kappa shape index (κ2) is 4.55. The van der Waals surface area contributed by atoms with E-state index in [4.69, 9.17) is 4.42 Å². The summed E-state index contributed by atoms with van der Waals surface area (Å²) < 4.78 is 19.2. The van der Waals surface area contributed by atoms with Gasteiger partial charge in [-0.1, -0.05) is 13.3 Å². The van der Waals surface area contributed by atoms with E-state index in [-0.39, 0.29) is 5.82 Å². The van der Waals surface area contributed by atoms with E-state index in [2.05, 4.69) is 15.9 Å². The molecule has 1 N–H and O–H groups in total. The van der Waals surface area contributed by atoms with Crippen LogP contribution in [0.5, 0.6) is 0 Å². The van der Waals surface area contributed by atoms with Crippen LogP contribution in [-0.4, -0.2) is 5.11 Å². The predicted molar refractivity (Wildman–Crippen MR) is 63.7 cm³/mol. The van der Waals surface area contributed by atoms with E-state index in [0.29, 0.717) is 27.6 Å². The Morgan fingerprint density at radius 2 is 2.19 bits per heavy atom. The van der Waals surface area contributed by atoms with Crippen molar-refractivity contribution in [3.05, 3.63) is 34.2 Å². The quantitative estimate of drug-likeness (QED) is 0.919. The molecule has 86 valence electrons. The number of hydrogen-bond acceptors (Lipinski definition) is 2. The number of fused-ring (bicyclic) bond motifs is 1. The van der Waals surface area contributed by atoms with Gasteiger partial charge in [-0.2, -0.15) is 0 Å². The summed E-state index contributed by atoms with van der Waals surface area (Å²) in [5, 5.41) is 10.4. The zero-order chi connectivity index (χ0) is 11.7. The first-order valence-corrected chi connectivity index (χ1v) is 5.97. The van der Waals surface area contributed by atoms with Crippen LogP contribution in [0.2, 0.25) is 0 Å². The normalized spacial score (nSPS) is 13.2. The first kappa shape index (κ1) is 11.6. The van der Waals surface area contributed by atoms with Gasteiger partial charge in [-0.05, 0) is 40.5 Å². The Kier molecular flexibility index (Phi) is 3.30. The average Bonchev–Trinajstić information content (AvgIpc) is 2.62. The minimum absolute atomic E-state index is 0.322. The molecule has 2 rings (SSSR count). The van der Waals surface area contributed by atoms with Crippen LogP contribution >= 0.6 is 15.9 Å². The molecule has 1 aromatic heterocycles. The highest BCUT2D eigenvalue weighted by atomic mass is 79.9. The fourth-order valence-electron chi connectivity index (χ4n) is 1.68. The average molecular weight is 287 g/mol. The fourth-order valence-corrected chi connectivity index (χ4v) is 2.20. The van der Waals surface area contributed by atoms with Crippen LogP contribution in [0.4, 0.5) is 4.39 Å². The van der Waals surface area contributed by atoms with Gasteiger partial charge in [0.1, 0.15) is 23.3 Å². The monoisotopic (exact) mass is 286 g/mol. The van der Waals surface area contributed by atoms with Crippen LogP contribution in [-0.2, 0) is 0 Å². The number of hydrogen-bond donors (Lipinski definition) is 1. The van der Waals surface area contributed by atoms with Crippen molar-refractivity contribution in [3.8, 4) is 0 Å². The van der Waals surface area contributed by atoms with E-state index >= 15 is 0 Å². The van der Waals surface area contributed by atoms with Gasteiger partial charge >= 0.3 is 0 Å². The van der Waals surface area contributed by atoms with E-state index in [9.17, 15) is 9.50 Å². The van der Waals surface area contributed by atoms with Gasteiger partial charge < -0.3 is 9.52 Å². The summed E-state index contributed by atoms with van der Waals surface area (Å²) in [5.41, 5.74) is 0.576. The van der Waals surface area contributed by atoms with E-state index in [1.165, 1.54) is 12.1 Å². The molecule has 4 heteroatoms. The zero-order valence-electron chi connectivity index (χ0n) is 8.84. The number of furan rings is 1. The summed E-state index contributed by atoms with van der Waals surface area (Å²) in [6.07, 6.45) is 0.889. The molecule has 2 aromatic rings. The minimum Gasteiger partial charge on any atom is -0.457 e. The Morgan fingerprint density at radius 3 is 2.88 bits per heavy atom. The van der Waals surface area contributed by atoms with Crippen molar-refractivity contribution in [2.24, 2.45) is 0 Å². The summed E-state index contributed by atoms with van der Waals surface area (Å²) in [6.45, 7) is 1.99. The summed E-state index contributed by atoms with van der Waals surface area (Å²) in [6, 6.07) is 4.43. The largest absolute Gasteiger partial charge is 0.457 e. The number of aliphatic hydroxyl groups is 1. The van der Waals surface area contributed by atoms with E-state index in [0.717, 1.165) is 6.42 Å². The number of aliphatic hydroxyl groups excluding tert-OH is 1. The third-order valence-corrected chi connectivity index (χ3v) is 3.03. The lowest BCUT2D eigenvalue weighted by molar-refractivity contribution is 0.141. The van der Waals surface area contributed by atoms with Gasteiger partial charge in [-0.3, -0.25) is 0 Å². The van der Waals surface area contributed by atoms with Gasteiger partial charge in [0.05, 0.1) is 4.47 Å². The molecule has 0 aliphatic rings. The molecule has 1 heterocycles. The third kappa shape index (κ3) is 2.13. The van der Waals surface area contributed by atoms with Crippen LogP contribution in [0.3, 0.4) is 0 Å².